The van der Waals surface area contributed by atoms with Gasteiger partial charge in [0.05, 0.1) is 4.47 Å². The monoisotopic (exact) mass is 259 g/mol. The largest absolute Gasteiger partial charge is 0.319 e. The molecule has 14 heavy (non-hydrogen) atoms. The third-order valence-corrected chi connectivity index (χ3v) is 2.73. The minimum Gasteiger partial charge on any atom is -0.319 e. The van der Waals surface area contributed by atoms with E-state index in [9.17, 15) is 4.39 Å². The molecule has 1 rings (SSSR count). The average molecular weight is 260 g/mol. The second kappa shape index (κ2) is 5.47. The number of halogens is 2. The second-order valence-electron chi connectivity index (χ2n) is 3.62. The van der Waals surface area contributed by atoms with Crippen molar-refractivity contribution in [3.05, 3.63) is 34.1 Å². The number of hydrogen-bond acceptors (Lipinski definition) is 1. The molecule has 1 aromatic carbocycles. The number of hydrogen-bond donors (Lipinski definition) is 1. The van der Waals surface area contributed by atoms with Crippen LogP contribution in [0.3, 0.4) is 0 Å². The zero-order valence-electron chi connectivity index (χ0n) is 8.48. The molecule has 0 saturated heterocycles. The fourth-order valence-electron chi connectivity index (χ4n) is 1.49. The van der Waals surface area contributed by atoms with Gasteiger partial charge in [-0.2, -0.15) is 0 Å². The maximum Gasteiger partial charge on any atom is 0.137 e. The Kier molecular flexibility index (Phi) is 4.55. The summed E-state index contributed by atoms with van der Waals surface area (Å²) in [6.45, 7) is 3.16. The van der Waals surface area contributed by atoms with Gasteiger partial charge in [0.15, 0.2) is 0 Å². The molecule has 1 atom stereocenters. The molecule has 0 aliphatic rings. The Morgan fingerprint density at radius 2 is 2.21 bits per heavy atom. The molecular weight excluding hydrogens is 245 g/mol. The highest BCUT2D eigenvalue weighted by Crippen LogP contribution is 2.18. The van der Waals surface area contributed by atoms with Crippen molar-refractivity contribution in [3.8, 4) is 0 Å². The zero-order chi connectivity index (χ0) is 10.6. The van der Waals surface area contributed by atoms with E-state index in [0.29, 0.717) is 10.4 Å². The fourth-order valence-corrected chi connectivity index (χ4v) is 1.92. The van der Waals surface area contributed by atoms with Gasteiger partial charge in [-0.15, -0.1) is 0 Å². The van der Waals surface area contributed by atoms with Crippen molar-refractivity contribution < 1.29 is 4.39 Å². The summed E-state index contributed by atoms with van der Waals surface area (Å²) in [6, 6.07) is 5.19. The van der Waals surface area contributed by atoms with E-state index in [0.717, 1.165) is 13.0 Å². The quantitative estimate of drug-likeness (QED) is 0.877. The van der Waals surface area contributed by atoms with Crippen LogP contribution in [0, 0.1) is 11.7 Å². The lowest BCUT2D eigenvalue weighted by Gasteiger charge is -2.10. The van der Waals surface area contributed by atoms with Gasteiger partial charge in [0.1, 0.15) is 5.82 Å². The minimum atomic E-state index is -0.199. The summed E-state index contributed by atoms with van der Waals surface area (Å²) in [5.41, 5.74) is 1.17. The maximum atomic E-state index is 12.9. The van der Waals surface area contributed by atoms with Crippen molar-refractivity contribution in [1.82, 2.24) is 5.32 Å². The Hall–Kier alpha value is -0.410. The molecular formula is C11H15BrFN. The van der Waals surface area contributed by atoms with E-state index in [1.807, 2.05) is 19.2 Å². The minimum absolute atomic E-state index is 0.199. The van der Waals surface area contributed by atoms with E-state index in [1.54, 1.807) is 0 Å². The molecule has 1 aromatic rings. The summed E-state index contributed by atoms with van der Waals surface area (Å²) in [4.78, 5) is 0. The van der Waals surface area contributed by atoms with Gasteiger partial charge in [-0.1, -0.05) is 13.0 Å². The zero-order valence-corrected chi connectivity index (χ0v) is 10.1. The van der Waals surface area contributed by atoms with Crippen LogP contribution in [0.25, 0.3) is 0 Å². The predicted octanol–water partition coefficient (Wildman–Crippen LogP) is 2.99. The molecule has 0 aliphatic heterocycles. The molecule has 0 fully saturated rings. The Bertz CT molecular complexity index is 301. The van der Waals surface area contributed by atoms with Crippen LogP contribution in [0.2, 0.25) is 0 Å². The Balaban J connectivity index is 2.63. The maximum absolute atomic E-state index is 12.9. The SMILES string of the molecule is CNCC(C)Cc1ccc(F)c(Br)c1. The van der Waals surface area contributed by atoms with Crippen molar-refractivity contribution in [3.63, 3.8) is 0 Å². The molecule has 0 aliphatic carbocycles. The van der Waals surface area contributed by atoms with E-state index in [1.165, 1.54) is 11.6 Å². The second-order valence-corrected chi connectivity index (χ2v) is 4.47. The average Bonchev–Trinajstić information content (AvgIpc) is 2.12. The van der Waals surface area contributed by atoms with Crippen molar-refractivity contribution in [2.75, 3.05) is 13.6 Å². The molecule has 3 heteroatoms. The van der Waals surface area contributed by atoms with Crippen LogP contribution in [0.4, 0.5) is 4.39 Å². The molecule has 0 saturated carbocycles. The smallest absolute Gasteiger partial charge is 0.137 e. The first-order valence-corrected chi connectivity index (χ1v) is 5.51. The molecule has 78 valence electrons. The highest BCUT2D eigenvalue weighted by atomic mass is 79.9. The van der Waals surface area contributed by atoms with Crippen LogP contribution in [0.5, 0.6) is 0 Å². The van der Waals surface area contributed by atoms with Gasteiger partial charge in [0.2, 0.25) is 0 Å². The summed E-state index contributed by atoms with van der Waals surface area (Å²) >= 11 is 3.18. The molecule has 1 unspecified atom stereocenters. The lowest BCUT2D eigenvalue weighted by molar-refractivity contribution is 0.540. The van der Waals surface area contributed by atoms with Gasteiger partial charge in [0.25, 0.3) is 0 Å². The van der Waals surface area contributed by atoms with Crippen molar-refractivity contribution in [1.29, 1.82) is 0 Å². The number of nitrogens with one attached hydrogen (secondary N) is 1. The topological polar surface area (TPSA) is 12.0 Å². The van der Waals surface area contributed by atoms with Crippen LogP contribution < -0.4 is 5.32 Å². The fraction of sp³-hybridized carbons (Fsp3) is 0.455. The van der Waals surface area contributed by atoms with Crippen LogP contribution in [0.15, 0.2) is 22.7 Å². The van der Waals surface area contributed by atoms with Gasteiger partial charge < -0.3 is 5.32 Å². The normalized spacial score (nSPS) is 12.9. The van der Waals surface area contributed by atoms with E-state index >= 15 is 0 Å². The van der Waals surface area contributed by atoms with Crippen molar-refractivity contribution >= 4 is 15.9 Å². The molecule has 0 amide bonds. The summed E-state index contributed by atoms with van der Waals surface area (Å²) in [7, 11) is 1.94. The van der Waals surface area contributed by atoms with Crippen LogP contribution in [-0.4, -0.2) is 13.6 Å². The first kappa shape index (κ1) is 11.7. The molecule has 0 aromatic heterocycles. The molecule has 0 heterocycles. The first-order chi connectivity index (χ1) is 6.63. The first-order valence-electron chi connectivity index (χ1n) is 4.72. The Morgan fingerprint density at radius 3 is 2.79 bits per heavy atom. The van der Waals surface area contributed by atoms with Gasteiger partial charge in [-0.05, 0) is 59.6 Å². The standard InChI is InChI=1S/C11H15BrFN/c1-8(7-14-2)5-9-3-4-11(13)10(12)6-9/h3-4,6,8,14H,5,7H2,1-2H3. The predicted molar refractivity (Wildman–Crippen MR) is 60.9 cm³/mol. The summed E-state index contributed by atoms with van der Waals surface area (Å²) in [5, 5.41) is 3.13. The summed E-state index contributed by atoms with van der Waals surface area (Å²) < 4.78 is 13.5. The number of rotatable bonds is 4. The molecule has 1 nitrogen and oxygen atoms in total. The van der Waals surface area contributed by atoms with E-state index < -0.39 is 0 Å². The lowest BCUT2D eigenvalue weighted by Crippen LogP contribution is -2.17. The van der Waals surface area contributed by atoms with Crippen LogP contribution >= 0.6 is 15.9 Å². The Morgan fingerprint density at radius 1 is 1.50 bits per heavy atom. The highest BCUT2D eigenvalue weighted by molar-refractivity contribution is 9.10. The van der Waals surface area contributed by atoms with E-state index in [-0.39, 0.29) is 5.82 Å². The van der Waals surface area contributed by atoms with Gasteiger partial charge in [0, 0.05) is 0 Å². The molecule has 0 spiro atoms. The summed E-state index contributed by atoms with van der Waals surface area (Å²) in [5.74, 6) is 0.368. The third-order valence-electron chi connectivity index (χ3n) is 2.12. The van der Waals surface area contributed by atoms with Crippen molar-refractivity contribution in [2.45, 2.75) is 13.3 Å². The molecule has 0 bridgehead atoms. The Labute approximate surface area is 92.8 Å². The highest BCUT2D eigenvalue weighted by Gasteiger charge is 2.04. The lowest BCUT2D eigenvalue weighted by atomic mass is 10.0. The van der Waals surface area contributed by atoms with Gasteiger partial charge >= 0.3 is 0 Å². The van der Waals surface area contributed by atoms with Crippen LogP contribution in [-0.2, 0) is 6.42 Å². The summed E-state index contributed by atoms with van der Waals surface area (Å²) in [6.07, 6.45) is 0.972. The van der Waals surface area contributed by atoms with Gasteiger partial charge in [-0.25, -0.2) is 4.39 Å². The number of benzene rings is 1. The van der Waals surface area contributed by atoms with Crippen LogP contribution in [0.1, 0.15) is 12.5 Å². The van der Waals surface area contributed by atoms with E-state index in [4.69, 9.17) is 0 Å². The van der Waals surface area contributed by atoms with Crippen molar-refractivity contribution in [2.24, 2.45) is 5.92 Å². The molecule has 0 radical (unpaired) electrons. The van der Waals surface area contributed by atoms with Gasteiger partial charge in [-0.3, -0.25) is 0 Å². The molecule has 1 N–H and O–H groups in total. The third kappa shape index (κ3) is 3.39. The van der Waals surface area contributed by atoms with E-state index in [2.05, 4.69) is 28.2 Å².